The summed E-state index contributed by atoms with van der Waals surface area (Å²) in [5.41, 5.74) is -1.21. The second-order valence-corrected chi connectivity index (χ2v) is 2.05. The van der Waals surface area contributed by atoms with Crippen molar-refractivity contribution in [2.75, 3.05) is 7.11 Å². The largest absolute Gasteiger partial charge is 0.469 e. The zero-order valence-electron chi connectivity index (χ0n) is 6.68. The molecule has 0 aliphatic heterocycles. The van der Waals surface area contributed by atoms with Gasteiger partial charge in [-0.25, -0.2) is 0 Å². The molecule has 6 heteroatoms. The highest BCUT2D eigenvalue weighted by atomic mass is 19.4. The molecule has 0 radical (unpaired) electrons. The molecule has 0 bridgehead atoms. The van der Waals surface area contributed by atoms with Gasteiger partial charge in [0.2, 0.25) is 0 Å². The Hall–Kier alpha value is -1.51. The molecule has 13 heavy (non-hydrogen) atoms. The van der Waals surface area contributed by atoms with Crippen LogP contribution in [0.4, 0.5) is 13.2 Å². The fourth-order valence-electron chi connectivity index (χ4n) is 0.539. The molecule has 0 heterocycles. The molecule has 0 fully saturated rings. The predicted octanol–water partition coefficient (Wildman–Crippen LogP) is 1.56. The van der Waals surface area contributed by atoms with Gasteiger partial charge in [0.25, 0.3) is 0 Å². The smallest absolute Gasteiger partial charge is 0.413 e. The third kappa shape index (κ3) is 4.15. The quantitative estimate of drug-likeness (QED) is 0.494. The Bertz CT molecular complexity index is 262. The van der Waals surface area contributed by atoms with Crippen molar-refractivity contribution in [3.8, 4) is 6.07 Å². The first-order valence-corrected chi connectivity index (χ1v) is 3.14. The van der Waals surface area contributed by atoms with Crippen LogP contribution in [0.2, 0.25) is 0 Å². The SMILES string of the molecule is COC(=O)C/C(=C/C#N)C(F)(F)F. The normalized spacial score (nSPS) is 12.1. The molecule has 0 saturated heterocycles. The number of nitriles is 1. The predicted molar refractivity (Wildman–Crippen MR) is 36.4 cm³/mol. The van der Waals surface area contributed by atoms with Gasteiger partial charge >= 0.3 is 12.1 Å². The van der Waals surface area contributed by atoms with Gasteiger partial charge in [-0.15, -0.1) is 0 Å². The van der Waals surface area contributed by atoms with Crippen LogP contribution in [0.15, 0.2) is 11.6 Å². The van der Waals surface area contributed by atoms with Crippen LogP contribution in [-0.2, 0) is 9.53 Å². The van der Waals surface area contributed by atoms with Crippen molar-refractivity contribution in [3.05, 3.63) is 11.6 Å². The van der Waals surface area contributed by atoms with E-state index < -0.39 is 24.1 Å². The number of carbonyl (C=O) groups excluding carboxylic acids is 1. The number of methoxy groups -OCH3 is 1. The first kappa shape index (κ1) is 11.5. The third-order valence-corrected chi connectivity index (χ3v) is 1.17. The number of alkyl halides is 3. The molecule has 0 N–H and O–H groups in total. The highest BCUT2D eigenvalue weighted by Crippen LogP contribution is 2.27. The van der Waals surface area contributed by atoms with Crippen molar-refractivity contribution in [2.24, 2.45) is 0 Å². The summed E-state index contributed by atoms with van der Waals surface area (Å²) in [7, 11) is 0.975. The van der Waals surface area contributed by atoms with Gasteiger partial charge < -0.3 is 4.74 Å². The molecule has 0 rings (SSSR count). The van der Waals surface area contributed by atoms with Gasteiger partial charge in [-0.3, -0.25) is 4.79 Å². The molecule has 3 nitrogen and oxygen atoms in total. The van der Waals surface area contributed by atoms with Crippen molar-refractivity contribution in [1.82, 2.24) is 0 Å². The van der Waals surface area contributed by atoms with Crippen molar-refractivity contribution < 1.29 is 22.7 Å². The molecule has 0 amide bonds. The van der Waals surface area contributed by atoms with Crippen molar-refractivity contribution >= 4 is 5.97 Å². The van der Waals surface area contributed by atoms with Gasteiger partial charge in [0.15, 0.2) is 0 Å². The fourth-order valence-corrected chi connectivity index (χ4v) is 0.539. The summed E-state index contributed by atoms with van der Waals surface area (Å²) in [6.45, 7) is 0. The van der Waals surface area contributed by atoms with Crippen molar-refractivity contribution in [2.45, 2.75) is 12.6 Å². The Morgan fingerprint density at radius 1 is 1.62 bits per heavy atom. The van der Waals surface area contributed by atoms with Gasteiger partial charge in [-0.2, -0.15) is 18.4 Å². The lowest BCUT2D eigenvalue weighted by Crippen LogP contribution is -2.16. The Morgan fingerprint density at radius 2 is 2.15 bits per heavy atom. The van der Waals surface area contributed by atoms with Crippen LogP contribution >= 0.6 is 0 Å². The van der Waals surface area contributed by atoms with E-state index in [-0.39, 0.29) is 6.08 Å². The molecular weight excluding hydrogens is 187 g/mol. The van der Waals surface area contributed by atoms with E-state index in [9.17, 15) is 18.0 Å². The van der Waals surface area contributed by atoms with Crippen LogP contribution in [0, 0.1) is 11.3 Å². The summed E-state index contributed by atoms with van der Waals surface area (Å²) in [6.07, 6.45) is -5.31. The second kappa shape index (κ2) is 4.50. The molecule has 0 aromatic rings. The van der Waals surface area contributed by atoms with Gasteiger partial charge in [-0.05, 0) is 0 Å². The first-order chi connectivity index (χ1) is 5.91. The lowest BCUT2D eigenvalue weighted by atomic mass is 10.2. The molecule has 0 unspecified atom stereocenters. The van der Waals surface area contributed by atoms with Crippen LogP contribution in [0.3, 0.4) is 0 Å². The van der Waals surface area contributed by atoms with Crippen molar-refractivity contribution in [1.29, 1.82) is 5.26 Å². The van der Waals surface area contributed by atoms with Crippen molar-refractivity contribution in [3.63, 3.8) is 0 Å². The van der Waals surface area contributed by atoms with Gasteiger partial charge in [0.05, 0.1) is 25.2 Å². The number of allylic oxidation sites excluding steroid dienone is 1. The van der Waals surface area contributed by atoms with Crippen LogP contribution in [0.1, 0.15) is 6.42 Å². The molecule has 0 aromatic carbocycles. The number of hydrogen-bond acceptors (Lipinski definition) is 3. The number of halogens is 3. The summed E-state index contributed by atoms with van der Waals surface area (Å²) >= 11 is 0. The zero-order chi connectivity index (χ0) is 10.5. The molecule has 0 saturated carbocycles. The highest BCUT2D eigenvalue weighted by Gasteiger charge is 2.34. The minimum absolute atomic E-state index is 0.289. The second-order valence-electron chi connectivity index (χ2n) is 2.05. The fraction of sp³-hybridized carbons (Fsp3) is 0.429. The minimum atomic E-state index is -4.66. The Morgan fingerprint density at radius 3 is 2.46 bits per heavy atom. The van der Waals surface area contributed by atoms with E-state index in [1.807, 2.05) is 0 Å². The number of carbonyl (C=O) groups is 1. The molecule has 72 valence electrons. The Balaban J connectivity index is 4.59. The number of hydrogen-bond donors (Lipinski definition) is 0. The topological polar surface area (TPSA) is 50.1 Å². The van der Waals surface area contributed by atoms with Crippen LogP contribution in [-0.4, -0.2) is 19.3 Å². The third-order valence-electron chi connectivity index (χ3n) is 1.17. The summed E-state index contributed by atoms with van der Waals surface area (Å²) in [5, 5.41) is 8.01. The lowest BCUT2D eigenvalue weighted by molar-refractivity contribution is -0.143. The average Bonchev–Trinajstić information content (AvgIpc) is 2.01. The number of esters is 1. The molecular formula is C7H6F3NO2. The van der Waals surface area contributed by atoms with Crippen LogP contribution < -0.4 is 0 Å². The maximum Gasteiger partial charge on any atom is 0.413 e. The maximum absolute atomic E-state index is 12.0. The van der Waals surface area contributed by atoms with E-state index in [0.29, 0.717) is 0 Å². The zero-order valence-corrected chi connectivity index (χ0v) is 6.68. The maximum atomic E-state index is 12.0. The van der Waals surface area contributed by atoms with Gasteiger partial charge in [-0.1, -0.05) is 0 Å². The minimum Gasteiger partial charge on any atom is -0.469 e. The molecule has 0 aliphatic carbocycles. The number of ether oxygens (including phenoxy) is 1. The van der Waals surface area contributed by atoms with Crippen LogP contribution in [0.25, 0.3) is 0 Å². The van der Waals surface area contributed by atoms with E-state index in [1.54, 1.807) is 0 Å². The standard InChI is InChI=1S/C7H6F3NO2/c1-13-6(12)4-5(2-3-11)7(8,9)10/h2H,4H2,1H3/b5-2-. The number of nitrogens with zero attached hydrogens (tertiary/aromatic N) is 1. The van der Waals surface area contributed by atoms with E-state index >= 15 is 0 Å². The summed E-state index contributed by atoms with van der Waals surface area (Å²) in [5.74, 6) is -1.03. The first-order valence-electron chi connectivity index (χ1n) is 3.14. The lowest BCUT2D eigenvalue weighted by Gasteiger charge is -2.08. The Labute approximate surface area is 72.4 Å². The van der Waals surface area contributed by atoms with Gasteiger partial charge in [0.1, 0.15) is 0 Å². The number of rotatable bonds is 2. The average molecular weight is 193 g/mol. The van der Waals surface area contributed by atoms with Gasteiger partial charge in [0, 0.05) is 6.08 Å². The Kier molecular flexibility index (Phi) is 3.98. The molecule has 0 aliphatic rings. The summed E-state index contributed by atoms with van der Waals surface area (Å²) in [6, 6.07) is 1.21. The van der Waals surface area contributed by atoms with E-state index in [4.69, 9.17) is 5.26 Å². The monoisotopic (exact) mass is 193 g/mol. The molecule has 0 spiro atoms. The summed E-state index contributed by atoms with van der Waals surface area (Å²) in [4.78, 5) is 10.5. The van der Waals surface area contributed by atoms with E-state index in [0.717, 1.165) is 7.11 Å². The van der Waals surface area contributed by atoms with E-state index in [2.05, 4.69) is 4.74 Å². The summed E-state index contributed by atoms with van der Waals surface area (Å²) < 4.78 is 40.0. The van der Waals surface area contributed by atoms with E-state index in [1.165, 1.54) is 6.07 Å². The van der Waals surface area contributed by atoms with Crippen LogP contribution in [0.5, 0.6) is 0 Å². The molecule has 0 aromatic heterocycles. The highest BCUT2D eigenvalue weighted by molar-refractivity contribution is 5.72. The molecule has 0 atom stereocenters.